The lowest BCUT2D eigenvalue weighted by atomic mass is 10.2. The Balaban J connectivity index is 2.02. The normalized spacial score (nSPS) is 11.6. The summed E-state index contributed by atoms with van der Waals surface area (Å²) in [5, 5.41) is 0.00163. The number of hydrogen-bond acceptors (Lipinski definition) is 9. The van der Waals surface area contributed by atoms with E-state index >= 15 is 0 Å². The Labute approximate surface area is 197 Å². The van der Waals surface area contributed by atoms with Gasteiger partial charge >= 0.3 is 20.2 Å². The van der Waals surface area contributed by atoms with Gasteiger partial charge in [0.1, 0.15) is 9.79 Å². The van der Waals surface area contributed by atoms with Crippen LogP contribution >= 0.6 is 11.8 Å². The summed E-state index contributed by atoms with van der Waals surface area (Å²) in [6.45, 7) is 5.04. The van der Waals surface area contributed by atoms with Crippen molar-refractivity contribution in [3.05, 3.63) is 65.2 Å². The van der Waals surface area contributed by atoms with E-state index in [2.05, 4.69) is 15.9 Å². The number of benzene rings is 2. The zero-order valence-electron chi connectivity index (χ0n) is 18.0. The average Bonchev–Trinajstić information content (AvgIpc) is 2.75. The van der Waals surface area contributed by atoms with E-state index in [0.29, 0.717) is 0 Å². The fourth-order valence-electron chi connectivity index (χ4n) is 2.50. The van der Waals surface area contributed by atoms with Gasteiger partial charge in [-0.25, -0.2) is 0 Å². The fraction of sp³-hybridized carbons (Fsp3) is 0.182. The molecule has 0 unspecified atom stereocenters. The van der Waals surface area contributed by atoms with Crippen LogP contribution in [0, 0.1) is 33.1 Å². The van der Waals surface area contributed by atoms with Crippen LogP contribution in [0.15, 0.2) is 63.5 Å². The zero-order valence-corrected chi connectivity index (χ0v) is 20.4. The van der Waals surface area contributed by atoms with Gasteiger partial charge in [-0.05, 0) is 45.0 Å². The molecule has 172 valence electrons. The third kappa shape index (κ3) is 6.04. The Morgan fingerprint density at radius 3 is 1.55 bits per heavy atom. The van der Waals surface area contributed by atoms with Gasteiger partial charge in [0.25, 0.3) is 0 Å². The molecule has 8 nitrogen and oxygen atoms in total. The van der Waals surface area contributed by atoms with E-state index in [0.717, 1.165) is 22.9 Å². The van der Waals surface area contributed by atoms with Crippen LogP contribution in [0.1, 0.15) is 16.7 Å². The lowest BCUT2D eigenvalue weighted by Gasteiger charge is -2.13. The first-order valence-electron chi connectivity index (χ1n) is 9.49. The van der Waals surface area contributed by atoms with E-state index in [1.807, 2.05) is 13.8 Å². The Morgan fingerprint density at radius 1 is 0.788 bits per heavy atom. The van der Waals surface area contributed by atoms with Gasteiger partial charge in [0.15, 0.2) is 5.16 Å². The molecule has 1 aromatic heterocycles. The van der Waals surface area contributed by atoms with Crippen molar-refractivity contribution in [1.82, 2.24) is 9.97 Å². The van der Waals surface area contributed by atoms with Gasteiger partial charge in [0.05, 0.1) is 11.3 Å². The zero-order chi connectivity index (χ0) is 24.2. The molecule has 0 radical (unpaired) electrons. The number of aromatic nitrogens is 2. The van der Waals surface area contributed by atoms with Crippen LogP contribution in [0.3, 0.4) is 0 Å². The van der Waals surface area contributed by atoms with Gasteiger partial charge in [0, 0.05) is 0 Å². The molecule has 3 rings (SSSR count). The third-order valence-corrected chi connectivity index (χ3v) is 7.52. The summed E-state index contributed by atoms with van der Waals surface area (Å²) in [5.41, 5.74) is 1.74. The lowest BCUT2D eigenvalue weighted by Crippen LogP contribution is -2.15. The topological polar surface area (TPSA) is 113 Å². The van der Waals surface area contributed by atoms with Crippen molar-refractivity contribution in [3.8, 4) is 24.1 Å². The van der Waals surface area contributed by atoms with Crippen LogP contribution in [0.25, 0.3) is 0 Å². The second-order valence-electron chi connectivity index (χ2n) is 6.94. The molecule has 0 bridgehead atoms. The summed E-state index contributed by atoms with van der Waals surface area (Å²) in [5.74, 6) is 1.83. The molecule has 0 N–H and O–H groups in total. The molecule has 0 atom stereocenters. The number of nitrogens with zero attached hydrogens (tertiary/aromatic N) is 2. The fourth-order valence-corrected chi connectivity index (χ4v) is 4.88. The quantitative estimate of drug-likeness (QED) is 0.196. The highest BCUT2D eigenvalue weighted by Gasteiger charge is 2.25. The largest absolute Gasteiger partial charge is 0.358 e. The summed E-state index contributed by atoms with van der Waals surface area (Å²) in [7, 11) is -8.50. The average molecular weight is 505 g/mol. The van der Waals surface area contributed by atoms with Gasteiger partial charge < -0.3 is 8.37 Å². The second kappa shape index (κ2) is 9.82. The smallest absolute Gasteiger partial charge is 0.340 e. The summed E-state index contributed by atoms with van der Waals surface area (Å²) in [4.78, 5) is 8.02. The molecular formula is C22H20N2O6S3. The molecule has 0 amide bonds. The standard InChI is InChI=1S/C22H20N2O6S3/c1-5-14-31-22-23-20(29-32(25,26)18-10-6-15(2)7-11-18)17(4)21(24-22)30-33(27,28)19-12-8-16(3)9-13-19/h1,6-13H,14H2,2-4H3. The number of terminal acetylenes is 1. The van der Waals surface area contributed by atoms with Crippen LogP contribution in [0.5, 0.6) is 11.8 Å². The van der Waals surface area contributed by atoms with E-state index in [1.165, 1.54) is 31.2 Å². The molecule has 11 heteroatoms. The monoisotopic (exact) mass is 504 g/mol. The first-order chi connectivity index (χ1) is 15.5. The maximum absolute atomic E-state index is 12.8. The van der Waals surface area contributed by atoms with Crippen molar-refractivity contribution in [2.75, 3.05) is 5.75 Å². The van der Waals surface area contributed by atoms with Crippen LogP contribution in [0.4, 0.5) is 0 Å². The molecule has 0 saturated heterocycles. The maximum atomic E-state index is 12.8. The maximum Gasteiger partial charge on any atom is 0.340 e. The lowest BCUT2D eigenvalue weighted by molar-refractivity contribution is 0.449. The highest BCUT2D eigenvalue weighted by molar-refractivity contribution is 7.99. The molecular weight excluding hydrogens is 484 g/mol. The van der Waals surface area contributed by atoms with E-state index < -0.39 is 20.2 Å². The minimum Gasteiger partial charge on any atom is -0.358 e. The summed E-state index contributed by atoms with van der Waals surface area (Å²) >= 11 is 0.997. The summed E-state index contributed by atoms with van der Waals surface area (Å²) in [6, 6.07) is 12.1. The van der Waals surface area contributed by atoms with Crippen LogP contribution in [0.2, 0.25) is 0 Å². The molecule has 0 spiro atoms. The SMILES string of the molecule is C#CCSc1nc(OS(=O)(=O)c2ccc(C)cc2)c(C)c(OS(=O)(=O)c2ccc(C)cc2)n1. The number of hydrogen-bond donors (Lipinski definition) is 0. The van der Waals surface area contributed by atoms with Gasteiger partial charge in [-0.1, -0.05) is 53.1 Å². The summed E-state index contributed by atoms with van der Waals surface area (Å²) in [6.07, 6.45) is 5.28. The second-order valence-corrected chi connectivity index (χ2v) is 11.0. The number of thioether (sulfide) groups is 1. The first-order valence-corrected chi connectivity index (χ1v) is 13.3. The minimum atomic E-state index is -4.25. The van der Waals surface area contributed by atoms with Crippen LogP contribution in [-0.4, -0.2) is 32.6 Å². The van der Waals surface area contributed by atoms with Crippen molar-refractivity contribution >= 4 is 32.0 Å². The predicted molar refractivity (Wildman–Crippen MR) is 124 cm³/mol. The van der Waals surface area contributed by atoms with Crippen LogP contribution < -0.4 is 8.37 Å². The molecule has 33 heavy (non-hydrogen) atoms. The Bertz CT molecular complexity index is 1310. The molecule has 3 aromatic rings. The van der Waals surface area contributed by atoms with Crippen molar-refractivity contribution in [3.63, 3.8) is 0 Å². The number of aryl methyl sites for hydroxylation is 2. The molecule has 0 fully saturated rings. The van der Waals surface area contributed by atoms with E-state index in [-0.39, 0.29) is 38.0 Å². The van der Waals surface area contributed by atoms with Gasteiger partial charge in [0.2, 0.25) is 11.8 Å². The molecule has 1 heterocycles. The molecule has 2 aromatic carbocycles. The van der Waals surface area contributed by atoms with Gasteiger partial charge in [-0.2, -0.15) is 26.8 Å². The molecule has 0 aliphatic carbocycles. The molecule has 0 aliphatic heterocycles. The van der Waals surface area contributed by atoms with Gasteiger partial charge in [-0.3, -0.25) is 0 Å². The van der Waals surface area contributed by atoms with Crippen molar-refractivity contribution in [2.24, 2.45) is 0 Å². The first kappa shape index (κ1) is 24.6. The summed E-state index contributed by atoms with van der Waals surface area (Å²) < 4.78 is 61.5. The molecule has 0 saturated carbocycles. The van der Waals surface area contributed by atoms with E-state index in [1.54, 1.807) is 24.3 Å². The van der Waals surface area contributed by atoms with Crippen molar-refractivity contribution < 1.29 is 25.2 Å². The third-order valence-electron chi connectivity index (χ3n) is 4.32. The van der Waals surface area contributed by atoms with Crippen LogP contribution in [-0.2, 0) is 20.2 Å². The minimum absolute atomic E-state index is 0.00163. The Morgan fingerprint density at radius 2 is 1.18 bits per heavy atom. The number of rotatable bonds is 8. The predicted octanol–water partition coefficient (Wildman–Crippen LogP) is 3.66. The highest BCUT2D eigenvalue weighted by Crippen LogP contribution is 2.31. The van der Waals surface area contributed by atoms with E-state index in [4.69, 9.17) is 14.8 Å². The van der Waals surface area contributed by atoms with E-state index in [9.17, 15) is 16.8 Å². The highest BCUT2D eigenvalue weighted by atomic mass is 32.2. The molecule has 0 aliphatic rings. The van der Waals surface area contributed by atoms with Crippen molar-refractivity contribution in [1.29, 1.82) is 0 Å². The van der Waals surface area contributed by atoms with Crippen molar-refractivity contribution in [2.45, 2.75) is 35.7 Å². The van der Waals surface area contributed by atoms with Gasteiger partial charge in [-0.15, -0.1) is 6.42 Å². The Kier molecular flexibility index (Phi) is 7.31. The Hall–Kier alpha value is -3.07.